The highest BCUT2D eigenvalue weighted by molar-refractivity contribution is 7.98. The van der Waals surface area contributed by atoms with Crippen LogP contribution in [0.15, 0.2) is 58.5 Å². The first-order valence-corrected chi connectivity index (χ1v) is 7.70. The lowest BCUT2D eigenvalue weighted by molar-refractivity contribution is 0.877. The lowest BCUT2D eigenvalue weighted by atomic mass is 10.2. The lowest BCUT2D eigenvalue weighted by Gasteiger charge is -2.09. The highest BCUT2D eigenvalue weighted by Gasteiger charge is 2.13. The number of pyridine rings is 1. The van der Waals surface area contributed by atoms with Crippen LogP contribution in [-0.4, -0.2) is 26.0 Å². The Hall–Kier alpha value is -2.34. The molecule has 21 heavy (non-hydrogen) atoms. The van der Waals surface area contributed by atoms with Gasteiger partial charge in [-0.15, -0.1) is 11.8 Å². The fourth-order valence-electron chi connectivity index (χ4n) is 2.19. The van der Waals surface area contributed by atoms with Gasteiger partial charge in [-0.3, -0.25) is 4.98 Å². The van der Waals surface area contributed by atoms with Crippen LogP contribution in [0.2, 0.25) is 0 Å². The predicted octanol–water partition coefficient (Wildman–Crippen LogP) is 2.27. The van der Waals surface area contributed by atoms with Gasteiger partial charge in [-0.1, -0.05) is 12.1 Å². The molecule has 5 nitrogen and oxygen atoms in total. The smallest absolute Gasteiger partial charge is 0.265 e. The van der Waals surface area contributed by atoms with E-state index >= 15 is 0 Å². The molecule has 0 amide bonds. The quantitative estimate of drug-likeness (QED) is 0.751. The molecule has 1 aromatic carbocycles. The Labute approximate surface area is 126 Å². The molecule has 0 saturated carbocycles. The molecule has 1 N–H and O–H groups in total. The Morgan fingerprint density at radius 2 is 1.95 bits per heavy atom. The number of rotatable bonds is 4. The molecular formula is C15H14N4OS. The third-order valence-corrected chi connectivity index (χ3v) is 3.96. The topological polar surface area (TPSA) is 63.6 Å². The summed E-state index contributed by atoms with van der Waals surface area (Å²) in [4.78, 5) is 17.2. The fraction of sp³-hybridized carbons (Fsp3) is 0.133. The van der Waals surface area contributed by atoms with Crippen LogP contribution in [0.3, 0.4) is 0 Å². The van der Waals surface area contributed by atoms with Crippen molar-refractivity contribution in [1.82, 2.24) is 19.7 Å². The van der Waals surface area contributed by atoms with Crippen LogP contribution in [0.1, 0.15) is 11.4 Å². The summed E-state index contributed by atoms with van der Waals surface area (Å²) >= 11 is 1.61. The highest BCUT2D eigenvalue weighted by atomic mass is 32.2. The normalized spacial score (nSPS) is 10.7. The van der Waals surface area contributed by atoms with Crippen LogP contribution in [-0.2, 0) is 6.42 Å². The molecule has 0 aliphatic rings. The van der Waals surface area contributed by atoms with Crippen molar-refractivity contribution in [1.29, 1.82) is 0 Å². The van der Waals surface area contributed by atoms with Gasteiger partial charge in [0.1, 0.15) is 5.82 Å². The van der Waals surface area contributed by atoms with Crippen molar-refractivity contribution in [2.24, 2.45) is 0 Å². The number of thioether (sulfide) groups is 1. The SMILES string of the molecule is CSc1ccccc1-n1c(Cc2ccncc2)n[nH]c1=O. The molecule has 0 aliphatic carbocycles. The number of aromatic nitrogens is 4. The Morgan fingerprint density at radius 1 is 1.19 bits per heavy atom. The zero-order valence-electron chi connectivity index (χ0n) is 11.5. The van der Waals surface area contributed by atoms with Gasteiger partial charge in [-0.05, 0) is 36.1 Å². The molecule has 3 aromatic rings. The van der Waals surface area contributed by atoms with Crippen molar-refractivity contribution in [3.8, 4) is 5.69 Å². The van der Waals surface area contributed by atoms with E-state index in [4.69, 9.17) is 0 Å². The minimum atomic E-state index is -0.222. The standard InChI is InChI=1S/C15H14N4OS/c1-21-13-5-3-2-4-12(13)19-14(17-18-15(19)20)10-11-6-8-16-9-7-11/h2-9H,10H2,1H3,(H,18,20). The molecule has 2 heterocycles. The van der Waals surface area contributed by atoms with Crippen molar-refractivity contribution in [3.05, 3.63) is 70.7 Å². The predicted molar refractivity (Wildman–Crippen MR) is 83.0 cm³/mol. The maximum atomic E-state index is 12.1. The molecule has 6 heteroatoms. The minimum Gasteiger partial charge on any atom is -0.265 e. The molecule has 0 radical (unpaired) electrons. The second-order valence-electron chi connectivity index (χ2n) is 4.48. The van der Waals surface area contributed by atoms with Crippen LogP contribution in [0, 0.1) is 0 Å². The average molecular weight is 298 g/mol. The monoisotopic (exact) mass is 298 g/mol. The van der Waals surface area contributed by atoms with Gasteiger partial charge < -0.3 is 0 Å². The molecule has 0 saturated heterocycles. The largest absolute Gasteiger partial charge is 0.347 e. The molecule has 0 unspecified atom stereocenters. The summed E-state index contributed by atoms with van der Waals surface area (Å²) in [6.07, 6.45) is 6.04. The first-order chi connectivity index (χ1) is 10.3. The van der Waals surface area contributed by atoms with Crippen LogP contribution in [0.5, 0.6) is 0 Å². The van der Waals surface area contributed by atoms with E-state index in [1.54, 1.807) is 28.7 Å². The molecular weight excluding hydrogens is 284 g/mol. The maximum Gasteiger partial charge on any atom is 0.347 e. The lowest BCUT2D eigenvalue weighted by Crippen LogP contribution is -2.17. The van der Waals surface area contributed by atoms with Gasteiger partial charge in [-0.2, -0.15) is 5.10 Å². The summed E-state index contributed by atoms with van der Waals surface area (Å²) in [6, 6.07) is 11.6. The van der Waals surface area contributed by atoms with E-state index in [0.717, 1.165) is 16.1 Å². The summed E-state index contributed by atoms with van der Waals surface area (Å²) in [5, 5.41) is 6.70. The molecule has 0 spiro atoms. The van der Waals surface area contributed by atoms with Crippen molar-refractivity contribution in [3.63, 3.8) is 0 Å². The number of H-pyrrole nitrogens is 1. The second kappa shape index (κ2) is 5.97. The van der Waals surface area contributed by atoms with Crippen LogP contribution in [0.4, 0.5) is 0 Å². The number of nitrogens with one attached hydrogen (secondary N) is 1. The molecule has 106 valence electrons. The third-order valence-electron chi connectivity index (χ3n) is 3.18. The summed E-state index contributed by atoms with van der Waals surface area (Å²) in [5.41, 5.74) is 1.69. The Balaban J connectivity index is 2.07. The van der Waals surface area contributed by atoms with Crippen LogP contribution < -0.4 is 5.69 Å². The van der Waals surface area contributed by atoms with Gasteiger partial charge >= 0.3 is 5.69 Å². The first-order valence-electron chi connectivity index (χ1n) is 6.48. The molecule has 0 aliphatic heterocycles. The summed E-state index contributed by atoms with van der Waals surface area (Å²) in [7, 11) is 0. The van der Waals surface area contributed by atoms with Crippen molar-refractivity contribution in [2.45, 2.75) is 11.3 Å². The van der Waals surface area contributed by atoms with E-state index in [-0.39, 0.29) is 5.69 Å². The number of hydrogen-bond donors (Lipinski definition) is 1. The molecule has 0 fully saturated rings. The van der Waals surface area contributed by atoms with Gasteiger partial charge in [0.2, 0.25) is 0 Å². The molecule has 0 atom stereocenters. The fourth-order valence-corrected chi connectivity index (χ4v) is 2.78. The third kappa shape index (κ3) is 2.75. The van der Waals surface area contributed by atoms with Gasteiger partial charge in [0.05, 0.1) is 5.69 Å². The van der Waals surface area contributed by atoms with E-state index in [2.05, 4.69) is 15.2 Å². The van der Waals surface area contributed by atoms with Crippen LogP contribution in [0.25, 0.3) is 5.69 Å². The summed E-state index contributed by atoms with van der Waals surface area (Å²) < 4.78 is 1.63. The number of nitrogens with zero attached hydrogens (tertiary/aromatic N) is 3. The first kappa shape index (κ1) is 13.6. The maximum absolute atomic E-state index is 12.1. The summed E-state index contributed by atoms with van der Waals surface area (Å²) in [5.74, 6) is 0.688. The zero-order chi connectivity index (χ0) is 14.7. The minimum absolute atomic E-state index is 0.222. The van der Waals surface area contributed by atoms with E-state index in [1.807, 2.05) is 42.7 Å². The highest BCUT2D eigenvalue weighted by Crippen LogP contribution is 2.23. The van der Waals surface area contributed by atoms with E-state index in [1.165, 1.54) is 0 Å². The number of aromatic amines is 1. The van der Waals surface area contributed by atoms with Gasteiger partial charge in [0.25, 0.3) is 0 Å². The van der Waals surface area contributed by atoms with Crippen molar-refractivity contribution in [2.75, 3.05) is 6.26 Å². The van der Waals surface area contributed by atoms with Gasteiger partial charge in [-0.25, -0.2) is 14.5 Å². The van der Waals surface area contributed by atoms with Gasteiger partial charge in [0.15, 0.2) is 0 Å². The average Bonchev–Trinajstić information content (AvgIpc) is 2.89. The molecule has 0 bridgehead atoms. The molecule has 2 aromatic heterocycles. The van der Waals surface area contributed by atoms with E-state index in [0.29, 0.717) is 12.2 Å². The summed E-state index contributed by atoms with van der Waals surface area (Å²) in [6.45, 7) is 0. The Bertz CT molecular complexity index is 795. The number of benzene rings is 1. The number of hydrogen-bond acceptors (Lipinski definition) is 4. The Kier molecular flexibility index (Phi) is 3.87. The van der Waals surface area contributed by atoms with Crippen LogP contribution >= 0.6 is 11.8 Å². The molecule has 3 rings (SSSR count). The van der Waals surface area contributed by atoms with E-state index in [9.17, 15) is 4.79 Å². The second-order valence-corrected chi connectivity index (χ2v) is 5.33. The van der Waals surface area contributed by atoms with E-state index < -0.39 is 0 Å². The van der Waals surface area contributed by atoms with Crippen molar-refractivity contribution < 1.29 is 0 Å². The van der Waals surface area contributed by atoms with Gasteiger partial charge in [0, 0.05) is 23.7 Å². The van der Waals surface area contributed by atoms with Crippen molar-refractivity contribution >= 4 is 11.8 Å². The Morgan fingerprint density at radius 3 is 2.71 bits per heavy atom. The zero-order valence-corrected chi connectivity index (χ0v) is 12.3. The number of para-hydroxylation sites is 1.